The molecule has 2 aromatic rings. The quantitative estimate of drug-likeness (QED) is 0.0129. The lowest BCUT2D eigenvalue weighted by Gasteiger charge is -2.46. The Balaban J connectivity index is 0.00000599. The van der Waals surface area contributed by atoms with E-state index in [-0.39, 0.29) is 35.5 Å². The van der Waals surface area contributed by atoms with Crippen molar-refractivity contribution < 1.29 is 172 Å². The number of aldehydes is 2. The Morgan fingerprint density at radius 2 is 1.13 bits per heavy atom. The van der Waals surface area contributed by atoms with Gasteiger partial charge in [0.25, 0.3) is 11.8 Å². The summed E-state index contributed by atoms with van der Waals surface area (Å²) in [6, 6.07) is -6.19. The highest BCUT2D eigenvalue weighted by atomic mass is 16.7. The molecule has 0 saturated carbocycles. The minimum Gasteiger partial charge on any atom is -0.508 e. The summed E-state index contributed by atoms with van der Waals surface area (Å²) >= 11 is 0. The predicted molar refractivity (Wildman–Crippen MR) is 465 cm³/mol. The lowest BCUT2D eigenvalue weighted by atomic mass is 9.96. The zero-order valence-corrected chi connectivity index (χ0v) is 76.4. The van der Waals surface area contributed by atoms with Crippen molar-refractivity contribution in [2.45, 2.75) is 343 Å². The minimum atomic E-state index is -2.41. The molecule has 6 unspecified atom stereocenters. The molecular weight excluding hydrogens is 1760 g/mol. The van der Waals surface area contributed by atoms with Gasteiger partial charge in [-0.3, -0.25) is 52.7 Å². The van der Waals surface area contributed by atoms with Gasteiger partial charge in [-0.2, -0.15) is 0 Å². The normalized spacial score (nSPS) is 29.0. The number of esters is 1. The second-order valence-electron chi connectivity index (χ2n) is 32.8. The van der Waals surface area contributed by atoms with Gasteiger partial charge < -0.3 is 173 Å². The molecule has 0 radical (unpaired) electrons. The van der Waals surface area contributed by atoms with Crippen LogP contribution in [0, 0.1) is 0 Å². The fourth-order valence-electron chi connectivity index (χ4n) is 14.7. The van der Waals surface area contributed by atoms with Crippen LogP contribution in [0.5, 0.6) is 11.5 Å². The number of allylic oxidation sites excluding steroid dienone is 1. The van der Waals surface area contributed by atoms with Crippen LogP contribution in [0.15, 0.2) is 60.3 Å². The molecule has 133 heavy (non-hydrogen) atoms. The van der Waals surface area contributed by atoms with Gasteiger partial charge in [0.1, 0.15) is 145 Å². The number of primary amides is 1. The third kappa shape index (κ3) is 37.0. The molecule has 0 aromatic heterocycles. The highest BCUT2D eigenvalue weighted by Crippen LogP contribution is 2.31. The Bertz CT molecular complexity index is 4030. The lowest BCUT2D eigenvalue weighted by molar-refractivity contribution is -0.339. The first-order chi connectivity index (χ1) is 63.0. The van der Waals surface area contributed by atoms with Crippen molar-refractivity contribution in [1.82, 2.24) is 52.8 Å². The van der Waals surface area contributed by atoms with Crippen LogP contribution in [0.4, 0.5) is 0 Å². The molecule has 27 atom stereocenters. The number of aliphatic hydroxyl groups excluding tert-OH is 12. The number of carbonyl (C=O) groups excluding carboxylic acids is 14. The number of carbonyl (C=O) groups is 14. The molecule has 11 amide bonds. The van der Waals surface area contributed by atoms with E-state index < -0.39 is 294 Å². The van der Waals surface area contributed by atoms with Crippen molar-refractivity contribution in [1.29, 1.82) is 0 Å². The Morgan fingerprint density at radius 3 is 1.64 bits per heavy atom. The van der Waals surface area contributed by atoms with Crippen molar-refractivity contribution in [3.8, 4) is 11.5 Å². The number of nitrogens with one attached hydrogen (secondary N) is 9. The average Bonchev–Trinajstić information content (AvgIpc) is 0.793. The smallest absolute Gasteiger partial charge is 0.329 e. The van der Waals surface area contributed by atoms with Crippen LogP contribution in [0.3, 0.4) is 0 Å². The van der Waals surface area contributed by atoms with Crippen LogP contribution >= 0.6 is 0 Å². The maximum absolute atomic E-state index is 15.4. The lowest BCUT2D eigenvalue weighted by Crippen LogP contribution is -2.67. The molecule has 750 valence electrons. The van der Waals surface area contributed by atoms with Crippen LogP contribution < -0.4 is 53.6 Å². The molecule has 46 heteroatoms. The van der Waals surface area contributed by atoms with Gasteiger partial charge >= 0.3 is 5.97 Å². The zero-order chi connectivity index (χ0) is 99.6. The number of ether oxygens (including phenoxy) is 7. The van der Waals surface area contributed by atoms with Crippen LogP contribution in [0.25, 0.3) is 0 Å². The van der Waals surface area contributed by atoms with E-state index in [1.807, 2.05) is 0 Å². The molecule has 0 aliphatic carbocycles. The molecule has 4 aliphatic heterocycles. The SMILES string of the molecule is C/C=C1\NC(=O)[C@@H](Cc2ccc(O)cc2)NC(=O)[C@H]([C@H](C)O)NC(=O)[C@@H](NC(=O)C(NC(=O)C(O)C(CCCCCCCCCCCCCCC)O[C@@H]2OC[C@@H](O)[C@@H](O[C@H]3O[C@@H](CO)[C@H](O)[C@@H](O)[C@@H]3NC(C)=O)[C@@H]2O)C(C)O)[C@@H](C)OC(=O)[C@H](Cc2ccc(O)cc2)NC(=O)C(C(C)O[C@@H]2O[C@@H](CO)[C@H](O)[C@@H](O)[C@H]2O)N(C)C(=O)CNC(=O)[C@@H](CCC(N)=O)NC1=O.CC=O.CC=O. The van der Waals surface area contributed by atoms with Gasteiger partial charge in [0.2, 0.25) is 53.2 Å². The number of cyclic esters (lactones) is 1. The fourth-order valence-corrected chi connectivity index (χ4v) is 14.7. The number of hydrogen-bond donors (Lipinski definition) is 24. The van der Waals surface area contributed by atoms with Crippen LogP contribution in [-0.2, 0) is 113 Å². The summed E-state index contributed by atoms with van der Waals surface area (Å²) in [7, 11) is 0.994. The van der Waals surface area contributed by atoms with Gasteiger partial charge in [-0.1, -0.05) is 121 Å². The van der Waals surface area contributed by atoms with E-state index in [1.165, 1.54) is 82.1 Å². The molecule has 0 bridgehead atoms. The number of aromatic hydroxyl groups is 2. The van der Waals surface area contributed by atoms with Gasteiger partial charge in [0.15, 0.2) is 25.0 Å². The maximum Gasteiger partial charge on any atom is 0.329 e. The first-order valence-electron chi connectivity index (χ1n) is 44.3. The summed E-state index contributed by atoms with van der Waals surface area (Å²) in [5.74, 6) is -15.9. The summed E-state index contributed by atoms with van der Waals surface area (Å²) < 4.78 is 41.1. The summed E-state index contributed by atoms with van der Waals surface area (Å²) in [6.07, 6.45) is -24.3. The standard InChI is InChI=1S/C83H129N11O33.2C2H4O/c1-9-11-12-13-14-15-16-17-18-19-20-21-22-23-54(124-82-70(111)71(53(102)39-121-82)127-81-62(86-44(7)99)67(108)64(105)55(37-95)125-81)66(107)79(119)92-60(41(4)98)76(116)93-61-42(5)122-80(120)52(35-46-26-30-48(101)31-27-46)90-78(118)63(43(6)123-83-69(110)68(109)65(106)56(38-96)126-83)94(8)58(104)36-85-72(112)50(32-33-57(84)103)88-73(113)49(10-2)87-74(114)51(34-45-24-28-47(100)29-25-45)89-75(115)59(40(3)97)91-77(61)117;2*1-2-3/h10,24-31,40-43,50-56,59-71,81-83,95-98,100-102,105-111H,9,11-23,32-39H2,1-8H3,(H2,84,103)(H,85,112)(H,86,99)(H,87,114)(H,88,113)(H,89,115)(H,90,118)(H,91,117)(H,92,119)(H,93,116);2*2H,1H3/b49-10-;;/t40-,41?,42+,43?,50+,51+,52-,53+,54?,55-,56-,59-,60?,61-,62-,63?,64-,65-,66?,67-,68+,69+,70-,71+,81+,82-,83+;;/m0../s1. The minimum absolute atomic E-state index is 0.134. The predicted octanol–water partition coefficient (Wildman–Crippen LogP) is -6.02. The van der Waals surface area contributed by atoms with Gasteiger partial charge in [-0.25, -0.2) is 4.79 Å². The highest BCUT2D eigenvalue weighted by molar-refractivity contribution is 6.02. The molecule has 4 saturated heterocycles. The molecule has 4 heterocycles. The Labute approximate surface area is 769 Å². The number of unbranched alkanes of at least 4 members (excludes halogenated alkanes) is 12. The maximum atomic E-state index is 15.4. The second-order valence-corrected chi connectivity index (χ2v) is 32.8. The number of hydrogen-bond acceptors (Lipinski definition) is 35. The third-order valence-corrected chi connectivity index (χ3v) is 22.2. The van der Waals surface area contributed by atoms with Crippen LogP contribution in [0.1, 0.15) is 176 Å². The van der Waals surface area contributed by atoms with Gasteiger partial charge in [-0.05, 0) is 96.7 Å². The van der Waals surface area contributed by atoms with Gasteiger partial charge in [0, 0.05) is 33.2 Å². The van der Waals surface area contributed by atoms with Crippen molar-refractivity contribution in [3.05, 3.63) is 71.4 Å². The number of benzene rings is 2. The van der Waals surface area contributed by atoms with Gasteiger partial charge in [-0.15, -0.1) is 0 Å². The van der Waals surface area contributed by atoms with E-state index in [9.17, 15) is 110 Å². The van der Waals surface area contributed by atoms with Crippen LogP contribution in [0.2, 0.25) is 0 Å². The largest absolute Gasteiger partial charge is 0.508 e. The third-order valence-electron chi connectivity index (χ3n) is 22.2. The Kier molecular flexibility index (Phi) is 51.2. The molecule has 46 nitrogen and oxygen atoms in total. The first kappa shape index (κ1) is 115. The molecule has 4 fully saturated rings. The molecule has 4 aliphatic rings. The van der Waals surface area contributed by atoms with Crippen molar-refractivity contribution in [3.63, 3.8) is 0 Å². The monoisotopic (exact) mass is 1900 g/mol. The molecule has 6 rings (SSSR count). The van der Waals surface area contributed by atoms with E-state index in [2.05, 4.69) is 54.8 Å². The topological polar surface area (TPSA) is 724 Å². The Hall–Kier alpha value is -9.96. The number of likely N-dealkylation sites (N-methyl/N-ethyl adjacent to an activating group) is 1. The van der Waals surface area contributed by atoms with Crippen molar-refractivity contribution in [2.75, 3.05) is 33.4 Å². The first-order valence-corrected chi connectivity index (χ1v) is 44.3. The average molecular weight is 1900 g/mol. The van der Waals surface area contributed by atoms with E-state index >= 15 is 19.2 Å². The van der Waals surface area contributed by atoms with Gasteiger partial charge in [0.05, 0.1) is 50.8 Å². The highest BCUT2D eigenvalue weighted by Gasteiger charge is 2.52. The van der Waals surface area contributed by atoms with Crippen molar-refractivity contribution >= 4 is 83.5 Å². The zero-order valence-electron chi connectivity index (χ0n) is 76.4. The summed E-state index contributed by atoms with van der Waals surface area (Å²) in [5, 5.41) is 174. The number of aliphatic hydroxyl groups is 12. The Morgan fingerprint density at radius 1 is 0.609 bits per heavy atom. The number of nitrogens with zero attached hydrogens (tertiary/aromatic N) is 1. The number of nitrogens with two attached hydrogens (primary N) is 1. The fraction of sp³-hybridized carbons (Fsp3) is 0.678. The number of amides is 11. The van der Waals surface area contributed by atoms with E-state index in [0.29, 0.717) is 17.7 Å². The molecule has 25 N–H and O–H groups in total. The molecule has 2 aromatic carbocycles. The summed E-state index contributed by atoms with van der Waals surface area (Å²) in [4.78, 5) is 191. The van der Waals surface area contributed by atoms with Crippen LogP contribution in [-0.4, -0.2) is 358 Å². The van der Waals surface area contributed by atoms with Crippen molar-refractivity contribution in [2.24, 2.45) is 5.73 Å². The number of phenolic OH excluding ortho intramolecular Hbond substituents is 2. The second kappa shape index (κ2) is 59.0. The number of rotatable bonds is 38. The molecule has 0 spiro atoms. The van der Waals surface area contributed by atoms with E-state index in [4.69, 9.17) is 48.5 Å². The summed E-state index contributed by atoms with van der Waals surface area (Å²) in [5.41, 5.74) is 5.20. The van der Waals surface area contributed by atoms with E-state index in [0.717, 1.165) is 112 Å². The molecular formula is C87H137N11O35. The number of phenols is 2. The van der Waals surface area contributed by atoms with E-state index in [1.54, 1.807) is 0 Å². The summed E-state index contributed by atoms with van der Waals surface area (Å²) in [6.45, 7) is 7.84.